The molecule has 0 spiro atoms. The minimum absolute atomic E-state index is 0.00447. The number of aromatic nitrogens is 1. The molecule has 0 bridgehead atoms. The van der Waals surface area contributed by atoms with Gasteiger partial charge in [-0.2, -0.15) is 0 Å². The Morgan fingerprint density at radius 3 is 2.66 bits per heavy atom. The lowest BCUT2D eigenvalue weighted by atomic mass is 10.2. The number of carbonyl (C=O) groups is 3. The molecule has 0 unspecified atom stereocenters. The van der Waals surface area contributed by atoms with E-state index in [4.69, 9.17) is 4.42 Å². The number of aryl methyl sites for hydroxylation is 1. The number of rotatable bonds is 5. The summed E-state index contributed by atoms with van der Waals surface area (Å²) in [4.78, 5) is 37.9. The SMILES string of the molecule is COC(=O)c1ccc(CN2C(=O)N/C(=C\c3cc(C)n(-c4ccccc4Br)c3C)C2=O)o1. The van der Waals surface area contributed by atoms with Gasteiger partial charge in [0.05, 0.1) is 19.3 Å². The van der Waals surface area contributed by atoms with E-state index in [9.17, 15) is 14.4 Å². The van der Waals surface area contributed by atoms with Crippen molar-refractivity contribution in [2.45, 2.75) is 20.4 Å². The Balaban J connectivity index is 1.60. The number of para-hydroxylation sites is 1. The predicted molar refractivity (Wildman–Crippen MR) is 120 cm³/mol. The van der Waals surface area contributed by atoms with Crippen LogP contribution in [0, 0.1) is 13.8 Å². The number of benzene rings is 1. The molecule has 2 aromatic heterocycles. The highest BCUT2D eigenvalue weighted by Crippen LogP contribution is 2.28. The summed E-state index contributed by atoms with van der Waals surface area (Å²) < 4.78 is 13.0. The summed E-state index contributed by atoms with van der Waals surface area (Å²) >= 11 is 3.58. The molecular weight excluding hydrogens is 478 g/mol. The average Bonchev–Trinajstić information content (AvgIpc) is 3.42. The van der Waals surface area contributed by atoms with Crippen LogP contribution in [-0.2, 0) is 16.1 Å². The second-order valence-corrected chi connectivity index (χ2v) is 8.10. The monoisotopic (exact) mass is 497 g/mol. The number of urea groups is 1. The van der Waals surface area contributed by atoms with Crippen molar-refractivity contribution in [2.24, 2.45) is 0 Å². The van der Waals surface area contributed by atoms with Gasteiger partial charge in [0.2, 0.25) is 5.76 Å². The van der Waals surface area contributed by atoms with Crippen LogP contribution < -0.4 is 5.32 Å². The summed E-state index contributed by atoms with van der Waals surface area (Å²) in [5, 5.41) is 2.62. The number of furan rings is 1. The number of esters is 1. The highest BCUT2D eigenvalue weighted by molar-refractivity contribution is 9.10. The van der Waals surface area contributed by atoms with Gasteiger partial charge < -0.3 is 19.0 Å². The van der Waals surface area contributed by atoms with Crippen molar-refractivity contribution in [3.05, 3.63) is 81.1 Å². The van der Waals surface area contributed by atoms with Crippen LogP contribution in [0.4, 0.5) is 4.79 Å². The van der Waals surface area contributed by atoms with E-state index in [1.165, 1.54) is 19.2 Å². The predicted octanol–water partition coefficient (Wildman–Crippen LogP) is 4.33. The molecule has 0 atom stereocenters. The first-order chi connectivity index (χ1) is 15.3. The van der Waals surface area contributed by atoms with Crippen molar-refractivity contribution in [2.75, 3.05) is 7.11 Å². The normalized spacial score (nSPS) is 14.9. The van der Waals surface area contributed by atoms with E-state index in [2.05, 4.69) is 30.6 Å². The fourth-order valence-corrected chi connectivity index (χ4v) is 4.10. The molecule has 32 heavy (non-hydrogen) atoms. The number of nitrogens with zero attached hydrogens (tertiary/aromatic N) is 2. The fraction of sp³-hybridized carbons (Fsp3) is 0.174. The summed E-state index contributed by atoms with van der Waals surface area (Å²) in [5.74, 6) is -0.807. The number of nitrogens with one attached hydrogen (secondary N) is 1. The molecule has 164 valence electrons. The maximum atomic E-state index is 12.9. The van der Waals surface area contributed by atoms with Crippen LogP contribution >= 0.6 is 15.9 Å². The zero-order chi connectivity index (χ0) is 23.0. The van der Waals surface area contributed by atoms with Crippen LogP contribution in [0.5, 0.6) is 0 Å². The molecule has 0 aliphatic carbocycles. The molecule has 9 heteroatoms. The number of ether oxygens (including phenoxy) is 1. The lowest BCUT2D eigenvalue weighted by Gasteiger charge is -2.11. The molecule has 0 radical (unpaired) electrons. The molecule has 0 saturated carbocycles. The topological polar surface area (TPSA) is 93.8 Å². The number of hydrogen-bond donors (Lipinski definition) is 1. The summed E-state index contributed by atoms with van der Waals surface area (Å²) in [5.41, 5.74) is 3.88. The Labute approximate surface area is 192 Å². The van der Waals surface area contributed by atoms with E-state index in [1.54, 1.807) is 6.08 Å². The number of methoxy groups -OCH3 is 1. The Morgan fingerprint density at radius 2 is 1.94 bits per heavy atom. The third kappa shape index (κ3) is 3.87. The van der Waals surface area contributed by atoms with Crippen LogP contribution in [0.15, 0.2) is 57.1 Å². The van der Waals surface area contributed by atoms with Gasteiger partial charge in [0.25, 0.3) is 5.91 Å². The van der Waals surface area contributed by atoms with Gasteiger partial charge in [-0.1, -0.05) is 12.1 Å². The Hall–Kier alpha value is -3.59. The van der Waals surface area contributed by atoms with Crippen LogP contribution in [0.25, 0.3) is 11.8 Å². The highest BCUT2D eigenvalue weighted by Gasteiger charge is 2.34. The van der Waals surface area contributed by atoms with Gasteiger partial charge in [-0.15, -0.1) is 0 Å². The third-order valence-electron chi connectivity index (χ3n) is 5.19. The van der Waals surface area contributed by atoms with Gasteiger partial charge >= 0.3 is 12.0 Å². The minimum atomic E-state index is -0.630. The molecule has 8 nitrogen and oxygen atoms in total. The first-order valence-electron chi connectivity index (χ1n) is 9.75. The van der Waals surface area contributed by atoms with Crippen molar-refractivity contribution >= 4 is 39.9 Å². The number of hydrogen-bond acceptors (Lipinski definition) is 5. The Kier molecular flexibility index (Phi) is 5.75. The van der Waals surface area contributed by atoms with E-state index in [-0.39, 0.29) is 18.0 Å². The lowest BCUT2D eigenvalue weighted by molar-refractivity contribution is -0.123. The van der Waals surface area contributed by atoms with Gasteiger partial charge in [-0.25, -0.2) is 9.59 Å². The van der Waals surface area contributed by atoms with Crippen molar-refractivity contribution in [1.82, 2.24) is 14.8 Å². The Bertz CT molecular complexity index is 1270. The molecule has 3 heterocycles. The molecule has 1 N–H and O–H groups in total. The number of imide groups is 1. The van der Waals surface area contributed by atoms with Crippen LogP contribution in [0.3, 0.4) is 0 Å². The smallest absolute Gasteiger partial charge is 0.373 e. The molecule has 1 saturated heterocycles. The van der Waals surface area contributed by atoms with Crippen LogP contribution in [-0.4, -0.2) is 34.5 Å². The molecular formula is C23H20BrN3O5. The van der Waals surface area contributed by atoms with Gasteiger partial charge in [0, 0.05) is 15.9 Å². The fourth-order valence-electron chi connectivity index (χ4n) is 3.64. The van der Waals surface area contributed by atoms with E-state index in [0.717, 1.165) is 32.0 Å². The van der Waals surface area contributed by atoms with Gasteiger partial charge in [0.15, 0.2) is 0 Å². The summed E-state index contributed by atoms with van der Waals surface area (Å²) in [6, 6.07) is 12.2. The standard InChI is InChI=1S/C23H20BrN3O5/c1-13-10-15(14(2)27(13)19-7-5-4-6-17(19)24)11-18-21(28)26(23(30)25-18)12-16-8-9-20(32-16)22(29)31-3/h4-11H,12H2,1-3H3,(H,25,30)/b18-11-. The lowest BCUT2D eigenvalue weighted by Crippen LogP contribution is -2.30. The van der Waals surface area contributed by atoms with Crippen molar-refractivity contribution in [3.63, 3.8) is 0 Å². The third-order valence-corrected chi connectivity index (χ3v) is 5.86. The van der Waals surface area contributed by atoms with Crippen LogP contribution in [0.1, 0.15) is 33.3 Å². The number of halogens is 1. The zero-order valence-electron chi connectivity index (χ0n) is 17.6. The zero-order valence-corrected chi connectivity index (χ0v) is 19.2. The minimum Gasteiger partial charge on any atom is -0.463 e. The van der Waals surface area contributed by atoms with Gasteiger partial charge in [-0.05, 0) is 71.7 Å². The maximum Gasteiger partial charge on any atom is 0.373 e. The van der Waals surface area contributed by atoms with E-state index < -0.39 is 17.9 Å². The second-order valence-electron chi connectivity index (χ2n) is 7.25. The summed E-state index contributed by atoms with van der Waals surface area (Å²) in [6.07, 6.45) is 1.66. The summed E-state index contributed by atoms with van der Waals surface area (Å²) in [7, 11) is 1.24. The molecule has 3 aromatic rings. The van der Waals surface area contributed by atoms with E-state index in [1.807, 2.05) is 44.2 Å². The molecule has 1 fully saturated rings. The summed E-state index contributed by atoms with van der Waals surface area (Å²) in [6.45, 7) is 3.83. The average molecular weight is 498 g/mol. The van der Waals surface area contributed by atoms with Gasteiger partial charge in [-0.3, -0.25) is 9.69 Å². The van der Waals surface area contributed by atoms with Crippen molar-refractivity contribution in [3.8, 4) is 5.69 Å². The number of carbonyl (C=O) groups excluding carboxylic acids is 3. The molecule has 1 aliphatic rings. The Morgan fingerprint density at radius 1 is 1.19 bits per heavy atom. The highest BCUT2D eigenvalue weighted by atomic mass is 79.9. The first-order valence-corrected chi connectivity index (χ1v) is 10.5. The van der Waals surface area contributed by atoms with Gasteiger partial charge in [0.1, 0.15) is 11.5 Å². The second kappa shape index (κ2) is 8.51. The quantitative estimate of drug-likeness (QED) is 0.321. The number of amides is 3. The first kappa shape index (κ1) is 21.6. The molecule has 1 aliphatic heterocycles. The van der Waals surface area contributed by atoms with E-state index in [0.29, 0.717) is 5.76 Å². The molecule has 1 aromatic carbocycles. The largest absolute Gasteiger partial charge is 0.463 e. The maximum absolute atomic E-state index is 12.9. The molecule has 3 amide bonds. The molecule has 4 rings (SSSR count). The van der Waals surface area contributed by atoms with Crippen LogP contribution in [0.2, 0.25) is 0 Å². The van der Waals surface area contributed by atoms with E-state index >= 15 is 0 Å². The van der Waals surface area contributed by atoms with Crippen molar-refractivity contribution in [1.29, 1.82) is 0 Å². The van der Waals surface area contributed by atoms with Crippen molar-refractivity contribution < 1.29 is 23.5 Å².